The Morgan fingerprint density at radius 3 is 1.25 bits per heavy atom. The van der Waals surface area contributed by atoms with E-state index in [0.29, 0.717) is 0 Å². The van der Waals surface area contributed by atoms with Gasteiger partial charge in [0.25, 0.3) is 0 Å². The molecule has 9 aromatic carbocycles. The van der Waals surface area contributed by atoms with Crippen molar-refractivity contribution < 1.29 is 0 Å². The Morgan fingerprint density at radius 2 is 0.705 bits per heavy atom. The van der Waals surface area contributed by atoms with E-state index in [-0.39, 0.29) is 0 Å². The van der Waals surface area contributed by atoms with Crippen LogP contribution in [0, 0.1) is 0 Å². The Balaban J connectivity index is 0.966. The van der Waals surface area contributed by atoms with Crippen molar-refractivity contribution in [2.75, 3.05) is 0 Å². The zero-order valence-electron chi connectivity index (χ0n) is 33.1. The fraction of sp³-hybridized carbons (Fsp3) is 0. The maximum atomic E-state index is 5.12. The van der Waals surface area contributed by atoms with E-state index >= 15 is 0 Å². The summed E-state index contributed by atoms with van der Waals surface area (Å²) in [5.74, 6) is 1.85. The molecule has 61 heavy (non-hydrogen) atoms. The Morgan fingerprint density at radius 1 is 0.279 bits per heavy atom. The number of benzene rings is 9. The van der Waals surface area contributed by atoms with Crippen molar-refractivity contribution in [3.63, 3.8) is 0 Å². The minimum Gasteiger partial charge on any atom is -0.309 e. The van der Waals surface area contributed by atoms with Gasteiger partial charge in [0.2, 0.25) is 0 Å². The number of hydrogen-bond donors (Lipinski definition) is 0. The molecule has 0 atom stereocenters. The largest absolute Gasteiger partial charge is 0.309 e. The van der Waals surface area contributed by atoms with Crippen LogP contribution in [-0.4, -0.2) is 23.7 Å². The Hall–Kier alpha value is -8.28. The second-order valence-electron chi connectivity index (χ2n) is 15.4. The van der Waals surface area contributed by atoms with Crippen LogP contribution >= 0.6 is 0 Å². The molecule has 0 unspecified atom stereocenters. The summed E-state index contributed by atoms with van der Waals surface area (Å²) in [5, 5.41) is 2.44. The second kappa shape index (κ2) is 14.2. The van der Waals surface area contributed by atoms with Gasteiger partial charge in [-0.25, -0.2) is 9.97 Å². The van der Waals surface area contributed by atoms with Crippen molar-refractivity contribution in [1.29, 1.82) is 0 Å². The number of aromatic nitrogens is 5. The van der Waals surface area contributed by atoms with E-state index in [1.165, 1.54) is 21.9 Å². The van der Waals surface area contributed by atoms with Gasteiger partial charge in [0.1, 0.15) is 11.6 Å². The molecule has 0 radical (unpaired) electrons. The molecule has 12 rings (SSSR count). The molecule has 0 aliphatic heterocycles. The molecular formula is C56H37N5. The Bertz CT molecular complexity index is 3540. The molecule has 3 heterocycles. The highest BCUT2D eigenvalue weighted by atomic mass is 15.1. The van der Waals surface area contributed by atoms with E-state index in [4.69, 9.17) is 9.97 Å². The van der Waals surface area contributed by atoms with Crippen molar-refractivity contribution >= 4 is 43.9 Å². The molecule has 3 aromatic heterocycles. The average Bonchev–Trinajstić information content (AvgIpc) is 4.03. The molecule has 0 N–H and O–H groups in total. The SMILES string of the molecule is c1ccc(-n2c(-c3ccc(-c4ccc5c6c(-c7ccc(-c8nc9ccccc9n8-c8ccccc8)cc7)cccc6n(-c6ccccc6)c5c4)cc3)nc3ccccc32)cc1. The number of para-hydroxylation sites is 7. The predicted octanol–water partition coefficient (Wildman–Crippen LogP) is 14.1. The van der Waals surface area contributed by atoms with E-state index in [2.05, 4.69) is 232 Å². The van der Waals surface area contributed by atoms with Crippen molar-refractivity contribution in [3.8, 4) is 62.1 Å². The maximum absolute atomic E-state index is 5.12. The smallest absolute Gasteiger partial charge is 0.145 e. The topological polar surface area (TPSA) is 40.6 Å². The molecule has 0 saturated carbocycles. The summed E-state index contributed by atoms with van der Waals surface area (Å²) in [7, 11) is 0. The summed E-state index contributed by atoms with van der Waals surface area (Å²) in [6.07, 6.45) is 0. The van der Waals surface area contributed by atoms with Crippen molar-refractivity contribution in [3.05, 3.63) is 224 Å². The third-order valence-electron chi connectivity index (χ3n) is 11.9. The molecule has 0 bridgehead atoms. The van der Waals surface area contributed by atoms with Crippen LogP contribution in [0.3, 0.4) is 0 Å². The molecule has 5 heteroatoms. The number of hydrogen-bond acceptors (Lipinski definition) is 2. The highest BCUT2D eigenvalue weighted by Gasteiger charge is 2.20. The molecule has 0 aliphatic carbocycles. The zero-order chi connectivity index (χ0) is 40.3. The summed E-state index contributed by atoms with van der Waals surface area (Å²) in [6.45, 7) is 0. The van der Waals surface area contributed by atoms with Crippen LogP contribution < -0.4 is 0 Å². The first-order valence-electron chi connectivity index (χ1n) is 20.7. The van der Waals surface area contributed by atoms with Gasteiger partial charge in [0.05, 0.1) is 33.1 Å². The van der Waals surface area contributed by atoms with E-state index in [0.717, 1.165) is 84.1 Å². The van der Waals surface area contributed by atoms with Crippen LogP contribution in [0.5, 0.6) is 0 Å². The van der Waals surface area contributed by atoms with Gasteiger partial charge in [-0.3, -0.25) is 9.13 Å². The summed E-state index contributed by atoms with van der Waals surface area (Å²) >= 11 is 0. The van der Waals surface area contributed by atoms with Gasteiger partial charge < -0.3 is 4.57 Å². The molecule has 0 fully saturated rings. The standard InChI is InChI=1S/C56H37N5/c1-4-15-43(16-5-1)59-52-26-14-21-46(39-29-33-41(34-30-39)56-58-49-23-11-13-25-51(49)61(56)45-19-8-3-9-20-45)54(52)47-36-35-42(37-53(47)59)38-27-31-40(32-28-38)55-57-48-22-10-12-24-50(48)60(55)44-17-6-2-7-18-44/h1-37H. The molecule has 0 spiro atoms. The summed E-state index contributed by atoms with van der Waals surface area (Å²) in [6, 6.07) is 79.7. The minimum atomic E-state index is 0.924. The summed E-state index contributed by atoms with van der Waals surface area (Å²) in [5.41, 5.74) is 16.6. The number of nitrogens with zero attached hydrogens (tertiary/aromatic N) is 5. The average molecular weight is 780 g/mol. The fourth-order valence-corrected chi connectivity index (χ4v) is 9.07. The lowest BCUT2D eigenvalue weighted by Crippen LogP contribution is -1.97. The van der Waals surface area contributed by atoms with Crippen molar-refractivity contribution in [2.45, 2.75) is 0 Å². The van der Waals surface area contributed by atoms with E-state index in [1.807, 2.05) is 6.07 Å². The zero-order valence-corrected chi connectivity index (χ0v) is 33.1. The van der Waals surface area contributed by atoms with Gasteiger partial charge in [-0.2, -0.15) is 0 Å². The molecule has 5 nitrogen and oxygen atoms in total. The van der Waals surface area contributed by atoms with Crippen LogP contribution in [-0.2, 0) is 0 Å². The van der Waals surface area contributed by atoms with E-state index in [9.17, 15) is 0 Å². The van der Waals surface area contributed by atoms with Gasteiger partial charge >= 0.3 is 0 Å². The van der Waals surface area contributed by atoms with Gasteiger partial charge in [-0.1, -0.05) is 152 Å². The first-order chi connectivity index (χ1) is 30.3. The van der Waals surface area contributed by atoms with E-state index in [1.54, 1.807) is 0 Å². The maximum Gasteiger partial charge on any atom is 0.145 e. The summed E-state index contributed by atoms with van der Waals surface area (Å²) < 4.78 is 6.91. The highest BCUT2D eigenvalue weighted by molar-refractivity contribution is 6.16. The predicted molar refractivity (Wildman–Crippen MR) is 252 cm³/mol. The number of fused-ring (bicyclic) bond motifs is 5. The first kappa shape index (κ1) is 34.7. The van der Waals surface area contributed by atoms with Crippen LogP contribution in [0.25, 0.3) is 106 Å². The molecule has 0 amide bonds. The van der Waals surface area contributed by atoms with Gasteiger partial charge in [-0.15, -0.1) is 0 Å². The van der Waals surface area contributed by atoms with Gasteiger partial charge in [0, 0.05) is 39.0 Å². The van der Waals surface area contributed by atoms with E-state index < -0.39 is 0 Å². The quantitative estimate of drug-likeness (QED) is 0.162. The highest BCUT2D eigenvalue weighted by Crippen LogP contribution is 2.41. The minimum absolute atomic E-state index is 0.924. The molecule has 0 aliphatic rings. The lowest BCUT2D eigenvalue weighted by atomic mass is 9.97. The van der Waals surface area contributed by atoms with Crippen LogP contribution in [0.15, 0.2) is 224 Å². The lowest BCUT2D eigenvalue weighted by Gasteiger charge is -2.11. The van der Waals surface area contributed by atoms with Crippen LogP contribution in [0.2, 0.25) is 0 Å². The van der Waals surface area contributed by atoms with Gasteiger partial charge in [0.15, 0.2) is 0 Å². The molecule has 286 valence electrons. The number of imidazole rings is 2. The first-order valence-corrected chi connectivity index (χ1v) is 20.7. The van der Waals surface area contributed by atoms with Gasteiger partial charge in [-0.05, 0) is 95.1 Å². The fourth-order valence-electron chi connectivity index (χ4n) is 9.07. The Labute approximate surface area is 352 Å². The third-order valence-corrected chi connectivity index (χ3v) is 11.9. The third kappa shape index (κ3) is 5.78. The van der Waals surface area contributed by atoms with Crippen molar-refractivity contribution in [2.24, 2.45) is 0 Å². The molecule has 12 aromatic rings. The second-order valence-corrected chi connectivity index (χ2v) is 15.4. The molecular weight excluding hydrogens is 743 g/mol. The van der Waals surface area contributed by atoms with Crippen LogP contribution in [0.4, 0.5) is 0 Å². The normalized spacial score (nSPS) is 11.6. The monoisotopic (exact) mass is 779 g/mol. The lowest BCUT2D eigenvalue weighted by molar-refractivity contribution is 1.10. The van der Waals surface area contributed by atoms with Crippen LogP contribution in [0.1, 0.15) is 0 Å². The van der Waals surface area contributed by atoms with Crippen molar-refractivity contribution in [1.82, 2.24) is 23.7 Å². The summed E-state index contributed by atoms with van der Waals surface area (Å²) in [4.78, 5) is 10.2. The number of rotatable bonds is 7. The molecule has 0 saturated heterocycles. The Kier molecular flexibility index (Phi) is 8.10.